The molecular weight excluding hydrogens is 676 g/mol. The van der Waals surface area contributed by atoms with Crippen molar-refractivity contribution in [3.05, 3.63) is 91.4 Å². The number of hydrogen-bond acceptors (Lipinski definition) is 7. The smallest absolute Gasteiger partial charge is 0.273 e. The Morgan fingerprint density at radius 1 is 1.14 bits per heavy atom. The summed E-state index contributed by atoms with van der Waals surface area (Å²) < 4.78 is 35.3. The maximum absolute atomic E-state index is 14.2. The van der Waals surface area contributed by atoms with Crippen LogP contribution in [0.1, 0.15) is 37.8 Å². The van der Waals surface area contributed by atoms with Gasteiger partial charge < -0.3 is 15.0 Å². The molecule has 1 N–H and O–H groups in total. The van der Waals surface area contributed by atoms with Gasteiger partial charge in [0.05, 0.1) is 22.6 Å². The first-order chi connectivity index (χ1) is 20.8. The third-order valence-corrected chi connectivity index (χ3v) is 9.38. The minimum absolute atomic E-state index is 0.00277. The van der Waals surface area contributed by atoms with Crippen LogP contribution in [0.3, 0.4) is 0 Å². The Kier molecular flexibility index (Phi) is 12.1. The van der Waals surface area contributed by atoms with Crippen LogP contribution < -0.4 is 14.4 Å². The van der Waals surface area contributed by atoms with E-state index in [0.29, 0.717) is 12.1 Å². The van der Waals surface area contributed by atoms with Crippen LogP contribution in [0.4, 0.5) is 11.4 Å². The van der Waals surface area contributed by atoms with Crippen LogP contribution in [-0.2, 0) is 26.2 Å². The van der Waals surface area contributed by atoms with Crippen molar-refractivity contribution in [2.45, 2.75) is 51.1 Å². The molecule has 0 bridgehead atoms. The maximum Gasteiger partial charge on any atom is 0.273 e. The van der Waals surface area contributed by atoms with Gasteiger partial charge in [-0.15, -0.1) is 0 Å². The molecule has 1 unspecified atom stereocenters. The number of nitrogens with zero attached hydrogens (tertiary/aromatic N) is 3. The first-order valence-corrected chi connectivity index (χ1v) is 16.3. The lowest BCUT2D eigenvalue weighted by Crippen LogP contribution is -2.51. The second kappa shape index (κ2) is 15.4. The van der Waals surface area contributed by atoms with Gasteiger partial charge in [0.2, 0.25) is 11.8 Å². The Bertz CT molecular complexity index is 1640. The number of hydrogen-bond donors (Lipinski definition) is 1. The van der Waals surface area contributed by atoms with E-state index in [0.717, 1.165) is 27.7 Å². The van der Waals surface area contributed by atoms with Crippen molar-refractivity contribution in [2.75, 3.05) is 24.5 Å². The Balaban J connectivity index is 2.14. The summed E-state index contributed by atoms with van der Waals surface area (Å²) in [6, 6.07) is 14.0. The molecule has 236 valence electrons. The fourth-order valence-electron chi connectivity index (χ4n) is 4.40. The molecule has 0 saturated heterocycles. The number of unbranched alkanes of at least 4 members (excludes halogenated alkanes) is 1. The number of amides is 2. The molecule has 0 radical (unpaired) electrons. The lowest BCUT2D eigenvalue weighted by Gasteiger charge is -2.32. The van der Waals surface area contributed by atoms with Gasteiger partial charge >= 0.3 is 0 Å². The summed E-state index contributed by atoms with van der Waals surface area (Å²) in [6.07, 6.45) is 1.61. The van der Waals surface area contributed by atoms with Crippen LogP contribution >= 0.6 is 27.5 Å². The molecule has 3 rings (SSSR count). The minimum Gasteiger partial charge on any atom is -0.495 e. The van der Waals surface area contributed by atoms with Crippen LogP contribution in [0, 0.1) is 17.0 Å². The first kappa shape index (κ1) is 34.8. The maximum atomic E-state index is 14.2. The minimum atomic E-state index is -4.61. The molecule has 0 fully saturated rings. The second-order valence-corrected chi connectivity index (χ2v) is 13.2. The molecule has 0 saturated carbocycles. The number of halogens is 2. The summed E-state index contributed by atoms with van der Waals surface area (Å²) in [5.74, 6) is -1.00. The molecule has 11 nitrogen and oxygen atoms in total. The first-order valence-electron chi connectivity index (χ1n) is 13.7. The Hall–Kier alpha value is -3.68. The lowest BCUT2D eigenvalue weighted by atomic mass is 10.1. The van der Waals surface area contributed by atoms with Crippen molar-refractivity contribution in [1.29, 1.82) is 0 Å². The summed E-state index contributed by atoms with van der Waals surface area (Å²) in [7, 11) is -3.28. The van der Waals surface area contributed by atoms with E-state index < -0.39 is 49.9 Å². The highest BCUT2D eigenvalue weighted by Crippen LogP contribution is 2.36. The van der Waals surface area contributed by atoms with Crippen molar-refractivity contribution in [3.8, 4) is 5.75 Å². The average molecular weight is 710 g/mol. The number of benzene rings is 3. The molecule has 0 aliphatic carbocycles. The number of carbonyl (C=O) groups is 2. The van der Waals surface area contributed by atoms with Crippen molar-refractivity contribution in [2.24, 2.45) is 0 Å². The van der Waals surface area contributed by atoms with Gasteiger partial charge in [-0.2, -0.15) is 0 Å². The van der Waals surface area contributed by atoms with E-state index in [-0.39, 0.29) is 28.6 Å². The van der Waals surface area contributed by atoms with Crippen LogP contribution in [0.25, 0.3) is 0 Å². The van der Waals surface area contributed by atoms with E-state index in [2.05, 4.69) is 21.2 Å². The normalized spacial score (nSPS) is 11.9. The average Bonchev–Trinajstić information content (AvgIpc) is 2.98. The van der Waals surface area contributed by atoms with Crippen molar-refractivity contribution in [3.63, 3.8) is 0 Å². The van der Waals surface area contributed by atoms with Gasteiger partial charge in [0, 0.05) is 34.2 Å². The fraction of sp³-hybridized carbons (Fsp3) is 0.333. The molecule has 0 spiro atoms. The lowest BCUT2D eigenvalue weighted by molar-refractivity contribution is -0.385. The summed E-state index contributed by atoms with van der Waals surface area (Å²) in [5.41, 5.74) is 0.507. The summed E-state index contributed by atoms with van der Waals surface area (Å²) >= 11 is 9.68. The number of nitrogens with one attached hydrogen (secondary N) is 1. The number of anilines is 1. The van der Waals surface area contributed by atoms with Gasteiger partial charge in [-0.1, -0.05) is 59.1 Å². The summed E-state index contributed by atoms with van der Waals surface area (Å²) in [4.78, 5) is 39.1. The Morgan fingerprint density at radius 2 is 1.86 bits per heavy atom. The quantitative estimate of drug-likeness (QED) is 0.126. The molecule has 0 aromatic heterocycles. The van der Waals surface area contributed by atoms with E-state index in [9.17, 15) is 28.1 Å². The zero-order valence-electron chi connectivity index (χ0n) is 24.7. The van der Waals surface area contributed by atoms with Crippen molar-refractivity contribution < 1.29 is 27.7 Å². The van der Waals surface area contributed by atoms with E-state index in [1.54, 1.807) is 25.1 Å². The third-order valence-electron chi connectivity index (χ3n) is 6.89. The molecular formula is C30H34BrClN4O7S. The van der Waals surface area contributed by atoms with Gasteiger partial charge in [0.1, 0.15) is 18.3 Å². The number of rotatable bonds is 14. The largest absolute Gasteiger partial charge is 0.495 e. The zero-order chi connectivity index (χ0) is 32.6. The van der Waals surface area contributed by atoms with Gasteiger partial charge in [-0.3, -0.25) is 24.0 Å². The summed E-state index contributed by atoms with van der Waals surface area (Å²) in [5, 5.41) is 14.6. The number of sulfonamides is 1. The number of aryl methyl sites for hydroxylation is 1. The molecule has 3 aromatic rings. The number of carbonyl (C=O) groups excluding carboxylic acids is 2. The zero-order valence-corrected chi connectivity index (χ0v) is 27.9. The number of nitro benzene ring substituents is 1. The third kappa shape index (κ3) is 8.48. The molecule has 2 amide bonds. The predicted molar refractivity (Wildman–Crippen MR) is 172 cm³/mol. The van der Waals surface area contributed by atoms with Crippen molar-refractivity contribution in [1.82, 2.24) is 10.2 Å². The van der Waals surface area contributed by atoms with Crippen LogP contribution in [0.5, 0.6) is 5.75 Å². The van der Waals surface area contributed by atoms with Gasteiger partial charge in [0.25, 0.3) is 15.7 Å². The van der Waals surface area contributed by atoms with Crippen LogP contribution in [-0.4, -0.2) is 56.3 Å². The molecule has 1 atom stereocenters. The Morgan fingerprint density at radius 3 is 2.50 bits per heavy atom. The van der Waals surface area contributed by atoms with E-state index in [1.807, 2.05) is 13.0 Å². The monoisotopic (exact) mass is 708 g/mol. The molecule has 0 aliphatic heterocycles. The SMILES string of the molecule is CCCCNC(=O)C(C)N(Cc1cccc(Br)c1)C(=O)CN(c1cc(Cl)ccc1OC)S(=O)(=O)c1ccc(C)c([N+](=O)[O-])c1. The molecule has 3 aromatic carbocycles. The van der Waals surface area contributed by atoms with Gasteiger partial charge in [0.15, 0.2) is 0 Å². The highest BCUT2D eigenvalue weighted by Gasteiger charge is 2.35. The van der Waals surface area contributed by atoms with Crippen LogP contribution in [0.2, 0.25) is 5.02 Å². The molecule has 14 heteroatoms. The van der Waals surface area contributed by atoms with Gasteiger partial charge in [-0.05, 0) is 62.2 Å². The predicted octanol–water partition coefficient (Wildman–Crippen LogP) is 5.86. The number of ether oxygens (including phenoxy) is 1. The Labute approximate surface area is 270 Å². The molecule has 0 heterocycles. The highest BCUT2D eigenvalue weighted by atomic mass is 79.9. The van der Waals surface area contributed by atoms with E-state index in [4.69, 9.17) is 16.3 Å². The van der Waals surface area contributed by atoms with Crippen LogP contribution in [0.15, 0.2) is 70.0 Å². The van der Waals surface area contributed by atoms with E-state index in [1.165, 1.54) is 49.3 Å². The number of methoxy groups -OCH3 is 1. The topological polar surface area (TPSA) is 139 Å². The van der Waals surface area contributed by atoms with Crippen molar-refractivity contribution >= 4 is 60.7 Å². The number of nitro groups is 1. The molecule has 0 aliphatic rings. The summed E-state index contributed by atoms with van der Waals surface area (Å²) in [6.45, 7) is 4.70. The second-order valence-electron chi connectivity index (χ2n) is 10.0. The van der Waals surface area contributed by atoms with Gasteiger partial charge in [-0.25, -0.2) is 8.42 Å². The van der Waals surface area contributed by atoms with E-state index >= 15 is 0 Å². The fourth-order valence-corrected chi connectivity index (χ4v) is 6.45. The standard InChI is InChI=1S/C30H34BrClN4O7S/c1-5-6-14-33-30(38)21(3)34(18-22-8-7-9-23(31)15-22)29(37)19-35(27-16-24(32)11-13-28(27)43-4)44(41,42)25-12-10-20(2)26(17-25)36(39)40/h7-13,15-17,21H,5-6,14,18-19H2,1-4H3,(H,33,38). The highest BCUT2D eigenvalue weighted by molar-refractivity contribution is 9.10. The molecule has 44 heavy (non-hydrogen) atoms.